The SMILES string of the molecule is CCN(CC)CCc1nccn1CCN(CC)CC. The van der Waals surface area contributed by atoms with E-state index in [-0.39, 0.29) is 0 Å². The Morgan fingerprint density at radius 3 is 2.11 bits per heavy atom. The first kappa shape index (κ1) is 16.2. The van der Waals surface area contributed by atoms with Crippen molar-refractivity contribution in [3.05, 3.63) is 18.2 Å². The fourth-order valence-corrected chi connectivity index (χ4v) is 2.36. The maximum atomic E-state index is 4.50. The Labute approximate surface area is 118 Å². The van der Waals surface area contributed by atoms with Crippen LogP contribution < -0.4 is 0 Å². The molecule has 0 fully saturated rings. The lowest BCUT2D eigenvalue weighted by Crippen LogP contribution is -2.28. The van der Waals surface area contributed by atoms with Crippen molar-refractivity contribution in [1.29, 1.82) is 0 Å². The Morgan fingerprint density at radius 1 is 0.947 bits per heavy atom. The molecule has 0 aliphatic rings. The van der Waals surface area contributed by atoms with Crippen LogP contribution in [0.2, 0.25) is 0 Å². The molecule has 0 unspecified atom stereocenters. The minimum Gasteiger partial charge on any atom is -0.334 e. The highest BCUT2D eigenvalue weighted by molar-refractivity contribution is 4.93. The molecular formula is C15H30N4. The minimum atomic E-state index is 1.05. The molecule has 19 heavy (non-hydrogen) atoms. The van der Waals surface area contributed by atoms with Gasteiger partial charge in [0.2, 0.25) is 0 Å². The first-order valence-electron chi connectivity index (χ1n) is 7.69. The van der Waals surface area contributed by atoms with E-state index in [4.69, 9.17) is 0 Å². The van der Waals surface area contributed by atoms with Crippen LogP contribution in [0.15, 0.2) is 12.4 Å². The molecule has 1 aromatic rings. The molecule has 0 spiro atoms. The lowest BCUT2D eigenvalue weighted by atomic mass is 10.3. The van der Waals surface area contributed by atoms with Crippen LogP contribution >= 0.6 is 0 Å². The number of nitrogens with zero attached hydrogens (tertiary/aromatic N) is 4. The second kappa shape index (κ2) is 9.10. The van der Waals surface area contributed by atoms with Gasteiger partial charge in [0.15, 0.2) is 0 Å². The van der Waals surface area contributed by atoms with Gasteiger partial charge in [-0.2, -0.15) is 0 Å². The zero-order valence-corrected chi connectivity index (χ0v) is 13.1. The first-order valence-corrected chi connectivity index (χ1v) is 7.69. The smallest absolute Gasteiger partial charge is 0.109 e. The molecule has 0 saturated heterocycles. The molecule has 0 saturated carbocycles. The predicted molar refractivity (Wildman–Crippen MR) is 81.5 cm³/mol. The normalized spacial score (nSPS) is 11.7. The van der Waals surface area contributed by atoms with Crippen molar-refractivity contribution < 1.29 is 0 Å². The summed E-state index contributed by atoms with van der Waals surface area (Å²) in [5.74, 6) is 1.22. The van der Waals surface area contributed by atoms with E-state index in [9.17, 15) is 0 Å². The Kier molecular flexibility index (Phi) is 7.75. The highest BCUT2D eigenvalue weighted by atomic mass is 15.2. The fourth-order valence-electron chi connectivity index (χ4n) is 2.36. The number of rotatable bonds is 10. The van der Waals surface area contributed by atoms with E-state index < -0.39 is 0 Å². The van der Waals surface area contributed by atoms with Crippen LogP contribution in [0.3, 0.4) is 0 Å². The molecule has 0 radical (unpaired) electrons. The summed E-state index contributed by atoms with van der Waals surface area (Å²) in [6, 6.07) is 0. The lowest BCUT2D eigenvalue weighted by molar-refractivity contribution is 0.284. The van der Waals surface area contributed by atoms with Gasteiger partial charge < -0.3 is 14.4 Å². The van der Waals surface area contributed by atoms with E-state index in [0.29, 0.717) is 0 Å². The zero-order valence-electron chi connectivity index (χ0n) is 13.1. The van der Waals surface area contributed by atoms with E-state index in [1.54, 1.807) is 0 Å². The van der Waals surface area contributed by atoms with E-state index >= 15 is 0 Å². The molecule has 1 heterocycles. The largest absolute Gasteiger partial charge is 0.334 e. The van der Waals surface area contributed by atoms with Crippen molar-refractivity contribution in [1.82, 2.24) is 19.4 Å². The molecular weight excluding hydrogens is 236 g/mol. The van der Waals surface area contributed by atoms with Gasteiger partial charge >= 0.3 is 0 Å². The molecule has 0 aliphatic heterocycles. The standard InChI is InChI=1S/C15H30N4/c1-5-17(6-2)11-9-15-16-10-12-19(15)14-13-18(7-3)8-4/h10,12H,5-9,11,13-14H2,1-4H3. The van der Waals surface area contributed by atoms with E-state index in [0.717, 1.165) is 52.2 Å². The van der Waals surface area contributed by atoms with Crippen LogP contribution in [0.5, 0.6) is 0 Å². The van der Waals surface area contributed by atoms with Crippen molar-refractivity contribution in [2.75, 3.05) is 39.3 Å². The summed E-state index contributed by atoms with van der Waals surface area (Å²) in [6.45, 7) is 16.6. The number of hydrogen-bond donors (Lipinski definition) is 0. The molecule has 4 nitrogen and oxygen atoms in total. The summed E-state index contributed by atoms with van der Waals surface area (Å²) in [6.07, 6.45) is 5.09. The quantitative estimate of drug-likeness (QED) is 0.648. The fraction of sp³-hybridized carbons (Fsp3) is 0.800. The molecule has 0 bridgehead atoms. The third-order valence-corrected chi connectivity index (χ3v) is 3.90. The van der Waals surface area contributed by atoms with Crippen LogP contribution in [0.25, 0.3) is 0 Å². The van der Waals surface area contributed by atoms with Crippen molar-refractivity contribution in [2.45, 2.75) is 40.7 Å². The van der Waals surface area contributed by atoms with E-state index in [1.807, 2.05) is 6.20 Å². The monoisotopic (exact) mass is 266 g/mol. The van der Waals surface area contributed by atoms with Gasteiger partial charge in [0.25, 0.3) is 0 Å². The maximum Gasteiger partial charge on any atom is 0.109 e. The van der Waals surface area contributed by atoms with Crippen molar-refractivity contribution in [3.63, 3.8) is 0 Å². The topological polar surface area (TPSA) is 24.3 Å². The average molecular weight is 266 g/mol. The molecule has 0 N–H and O–H groups in total. The van der Waals surface area contributed by atoms with Crippen LogP contribution in [-0.4, -0.2) is 58.6 Å². The second-order valence-corrected chi connectivity index (χ2v) is 4.84. The number of likely N-dealkylation sites (N-methyl/N-ethyl adjacent to an activating group) is 2. The molecule has 0 aromatic carbocycles. The van der Waals surface area contributed by atoms with Gasteiger partial charge in [0.1, 0.15) is 5.82 Å². The maximum absolute atomic E-state index is 4.50. The summed E-state index contributed by atoms with van der Waals surface area (Å²) in [5.41, 5.74) is 0. The van der Waals surface area contributed by atoms with Gasteiger partial charge in [0, 0.05) is 38.4 Å². The molecule has 4 heteroatoms. The predicted octanol–water partition coefficient (Wildman–Crippen LogP) is 2.11. The molecule has 1 aromatic heterocycles. The molecule has 1 rings (SSSR count). The molecule has 0 aliphatic carbocycles. The number of imidazole rings is 1. The Hall–Kier alpha value is -0.870. The first-order chi connectivity index (χ1) is 9.24. The highest BCUT2D eigenvalue weighted by Crippen LogP contribution is 2.02. The Morgan fingerprint density at radius 2 is 1.53 bits per heavy atom. The van der Waals surface area contributed by atoms with Crippen LogP contribution in [0.1, 0.15) is 33.5 Å². The van der Waals surface area contributed by atoms with Gasteiger partial charge in [-0.3, -0.25) is 0 Å². The Balaban J connectivity index is 2.45. The number of aromatic nitrogens is 2. The minimum absolute atomic E-state index is 1.05. The van der Waals surface area contributed by atoms with Crippen LogP contribution in [-0.2, 0) is 13.0 Å². The van der Waals surface area contributed by atoms with Crippen LogP contribution in [0, 0.1) is 0 Å². The van der Waals surface area contributed by atoms with Gasteiger partial charge in [-0.25, -0.2) is 4.98 Å². The summed E-state index contributed by atoms with van der Waals surface area (Å²) in [4.78, 5) is 9.40. The van der Waals surface area contributed by atoms with Crippen molar-refractivity contribution in [3.8, 4) is 0 Å². The average Bonchev–Trinajstić information content (AvgIpc) is 2.89. The summed E-state index contributed by atoms with van der Waals surface area (Å²) in [5, 5.41) is 0. The van der Waals surface area contributed by atoms with Gasteiger partial charge in [-0.05, 0) is 26.2 Å². The van der Waals surface area contributed by atoms with Crippen molar-refractivity contribution in [2.24, 2.45) is 0 Å². The summed E-state index contributed by atoms with van der Waals surface area (Å²) in [7, 11) is 0. The van der Waals surface area contributed by atoms with Gasteiger partial charge in [0.05, 0.1) is 0 Å². The van der Waals surface area contributed by atoms with Crippen molar-refractivity contribution >= 4 is 0 Å². The summed E-state index contributed by atoms with van der Waals surface area (Å²) >= 11 is 0. The number of hydrogen-bond acceptors (Lipinski definition) is 3. The van der Waals surface area contributed by atoms with Gasteiger partial charge in [-0.15, -0.1) is 0 Å². The molecule has 0 amide bonds. The van der Waals surface area contributed by atoms with Crippen LogP contribution in [0.4, 0.5) is 0 Å². The second-order valence-electron chi connectivity index (χ2n) is 4.84. The molecule has 110 valence electrons. The zero-order chi connectivity index (χ0) is 14.1. The van der Waals surface area contributed by atoms with E-state index in [2.05, 4.69) is 53.2 Å². The lowest BCUT2D eigenvalue weighted by Gasteiger charge is -2.20. The summed E-state index contributed by atoms with van der Waals surface area (Å²) < 4.78 is 2.31. The third kappa shape index (κ3) is 5.33. The molecule has 0 atom stereocenters. The third-order valence-electron chi connectivity index (χ3n) is 3.90. The Bertz CT molecular complexity index is 296. The highest BCUT2D eigenvalue weighted by Gasteiger charge is 2.06. The van der Waals surface area contributed by atoms with Gasteiger partial charge in [-0.1, -0.05) is 27.7 Å². The van der Waals surface area contributed by atoms with E-state index in [1.165, 1.54) is 5.82 Å².